The van der Waals surface area contributed by atoms with Gasteiger partial charge in [0.05, 0.1) is 5.02 Å². The van der Waals surface area contributed by atoms with Crippen molar-refractivity contribution in [2.45, 2.75) is 61.6 Å². The number of hydrogen-bond acceptors (Lipinski definition) is 10. The SMILES string of the molecule is CC(=O)OC[C@H]1O[C@H](Sc2cnc(C(F)(F)F)c(Cl)c2)[C@H](OC(C)=O)C(N=[N+]=[N-])[C@H]1OC(C)=O. The van der Waals surface area contributed by atoms with Crippen molar-refractivity contribution in [1.29, 1.82) is 0 Å². The highest BCUT2D eigenvalue weighted by molar-refractivity contribution is 7.99. The van der Waals surface area contributed by atoms with Gasteiger partial charge in [-0.25, -0.2) is 4.98 Å². The number of rotatable bonds is 7. The Labute approximate surface area is 199 Å². The van der Waals surface area contributed by atoms with Crippen molar-refractivity contribution in [2.75, 3.05) is 6.61 Å². The van der Waals surface area contributed by atoms with E-state index < -0.39 is 71.2 Å². The summed E-state index contributed by atoms with van der Waals surface area (Å²) in [6.45, 7) is 2.84. The van der Waals surface area contributed by atoms with Gasteiger partial charge in [-0.3, -0.25) is 14.4 Å². The van der Waals surface area contributed by atoms with Crippen LogP contribution in [0.1, 0.15) is 26.5 Å². The zero-order chi connectivity index (χ0) is 25.6. The van der Waals surface area contributed by atoms with Crippen LogP contribution in [0.25, 0.3) is 10.4 Å². The van der Waals surface area contributed by atoms with Crippen LogP contribution in [0, 0.1) is 0 Å². The second kappa shape index (κ2) is 11.6. The summed E-state index contributed by atoms with van der Waals surface area (Å²) in [5, 5.41) is 2.91. The number of carbonyl (C=O) groups excluding carboxylic acids is 3. The lowest BCUT2D eigenvalue weighted by atomic mass is 9.97. The van der Waals surface area contributed by atoms with Crippen molar-refractivity contribution in [1.82, 2.24) is 4.98 Å². The fourth-order valence-corrected chi connectivity index (χ4v) is 4.45. The number of aromatic nitrogens is 1. The van der Waals surface area contributed by atoms with Gasteiger partial charge in [0.2, 0.25) is 0 Å². The molecule has 1 aromatic heterocycles. The number of thioether (sulfide) groups is 1. The Bertz CT molecular complexity index is 993. The molecule has 11 nitrogen and oxygen atoms in total. The van der Waals surface area contributed by atoms with Gasteiger partial charge in [0.1, 0.15) is 36.4 Å². The van der Waals surface area contributed by atoms with Crippen LogP contribution in [0.2, 0.25) is 5.02 Å². The Hall–Kier alpha value is -2.74. The van der Waals surface area contributed by atoms with E-state index in [1.165, 1.54) is 0 Å². The average Bonchev–Trinajstić information content (AvgIpc) is 2.69. The Kier molecular flexibility index (Phi) is 9.38. The third-order valence-corrected chi connectivity index (χ3v) is 5.59. The molecular formula is C18H18ClF3N4O7S. The molecule has 1 unspecified atom stereocenters. The molecule has 186 valence electrons. The molecule has 0 aliphatic carbocycles. The molecule has 1 aliphatic rings. The number of hydrogen-bond donors (Lipinski definition) is 0. The van der Waals surface area contributed by atoms with E-state index in [-0.39, 0.29) is 4.90 Å². The highest BCUT2D eigenvalue weighted by atomic mass is 35.5. The number of alkyl halides is 3. The monoisotopic (exact) mass is 526 g/mol. The van der Waals surface area contributed by atoms with Gasteiger partial charge in [-0.05, 0) is 11.6 Å². The van der Waals surface area contributed by atoms with Crippen LogP contribution in [0.5, 0.6) is 0 Å². The molecular weight excluding hydrogens is 509 g/mol. The lowest BCUT2D eigenvalue weighted by Crippen LogP contribution is -2.59. The van der Waals surface area contributed by atoms with Crippen molar-refractivity contribution >= 4 is 41.3 Å². The predicted molar refractivity (Wildman–Crippen MR) is 109 cm³/mol. The zero-order valence-electron chi connectivity index (χ0n) is 17.8. The number of pyridine rings is 1. The first-order chi connectivity index (χ1) is 15.8. The molecule has 2 heterocycles. The van der Waals surface area contributed by atoms with E-state index in [9.17, 15) is 27.6 Å². The highest BCUT2D eigenvalue weighted by Crippen LogP contribution is 2.40. The standard InChI is InChI=1S/C18H18ClF3N4O7S/c1-7(27)30-6-12-14(31-8(2)28)13(25-26-23)15(32-9(3)29)17(33-12)34-10-4-11(19)16(24-5-10)18(20,21)22/h4-5,12-15,17H,6H2,1-3H3/t12-,13?,14+,15-,17-/m1/s1. The number of azide groups is 1. The minimum atomic E-state index is -4.78. The molecule has 0 amide bonds. The molecule has 1 fully saturated rings. The normalized spacial score (nSPS) is 24.5. The molecule has 34 heavy (non-hydrogen) atoms. The molecule has 0 radical (unpaired) electrons. The second-order valence-corrected chi connectivity index (χ2v) is 8.39. The quantitative estimate of drug-likeness (QED) is 0.170. The topological polar surface area (TPSA) is 150 Å². The van der Waals surface area contributed by atoms with Crippen LogP contribution in [-0.2, 0) is 39.5 Å². The predicted octanol–water partition coefficient (Wildman–Crippen LogP) is 3.68. The molecule has 0 saturated carbocycles. The summed E-state index contributed by atoms with van der Waals surface area (Å²) in [4.78, 5) is 40.8. The summed E-state index contributed by atoms with van der Waals surface area (Å²) in [6, 6.07) is -0.347. The van der Waals surface area contributed by atoms with Crippen molar-refractivity contribution in [3.8, 4) is 0 Å². The fraction of sp³-hybridized carbons (Fsp3) is 0.556. The van der Waals surface area contributed by atoms with Crippen LogP contribution in [0.4, 0.5) is 13.2 Å². The fourth-order valence-electron chi connectivity index (χ4n) is 3.00. The van der Waals surface area contributed by atoms with Crippen molar-refractivity contribution in [3.05, 3.63) is 33.4 Å². The largest absolute Gasteiger partial charge is 0.463 e. The van der Waals surface area contributed by atoms with Crippen molar-refractivity contribution in [2.24, 2.45) is 5.11 Å². The zero-order valence-corrected chi connectivity index (χ0v) is 19.4. The van der Waals surface area contributed by atoms with Gasteiger partial charge in [0.15, 0.2) is 5.69 Å². The third-order valence-electron chi connectivity index (χ3n) is 4.19. The van der Waals surface area contributed by atoms with E-state index in [1.54, 1.807) is 0 Å². The van der Waals surface area contributed by atoms with Gasteiger partial charge in [-0.1, -0.05) is 28.5 Å². The summed E-state index contributed by atoms with van der Waals surface area (Å²) in [5.74, 6) is -2.28. The van der Waals surface area contributed by atoms with E-state index in [0.717, 1.165) is 44.8 Å². The molecule has 0 bridgehead atoms. The van der Waals surface area contributed by atoms with Crippen molar-refractivity contribution in [3.63, 3.8) is 0 Å². The third kappa shape index (κ3) is 7.38. The van der Waals surface area contributed by atoms with E-state index in [0.29, 0.717) is 0 Å². The Morgan fingerprint density at radius 1 is 1.21 bits per heavy atom. The second-order valence-electron chi connectivity index (χ2n) is 6.81. The number of ether oxygens (including phenoxy) is 4. The van der Waals surface area contributed by atoms with Crippen LogP contribution in [0.15, 0.2) is 22.3 Å². The van der Waals surface area contributed by atoms with Crippen molar-refractivity contribution < 1.29 is 46.5 Å². The van der Waals surface area contributed by atoms with Crippen LogP contribution >= 0.6 is 23.4 Å². The number of carbonyl (C=O) groups is 3. The summed E-state index contributed by atoms with van der Waals surface area (Å²) in [7, 11) is 0. The maximum Gasteiger partial charge on any atom is 0.434 e. The minimum Gasteiger partial charge on any atom is -0.463 e. The van der Waals surface area contributed by atoms with Crippen LogP contribution < -0.4 is 0 Å². The molecule has 16 heteroatoms. The van der Waals surface area contributed by atoms with Gasteiger partial charge in [0.25, 0.3) is 0 Å². The Balaban J connectivity index is 2.46. The highest BCUT2D eigenvalue weighted by Gasteiger charge is 2.50. The molecule has 0 aromatic carbocycles. The van der Waals surface area contributed by atoms with Crippen LogP contribution in [-0.4, -0.2) is 59.3 Å². The Morgan fingerprint density at radius 2 is 1.82 bits per heavy atom. The van der Waals surface area contributed by atoms with Crippen LogP contribution in [0.3, 0.4) is 0 Å². The first kappa shape index (κ1) is 27.5. The van der Waals surface area contributed by atoms with Gasteiger partial charge < -0.3 is 18.9 Å². The Morgan fingerprint density at radius 3 is 2.32 bits per heavy atom. The lowest BCUT2D eigenvalue weighted by molar-refractivity contribution is -0.201. The molecule has 2 rings (SSSR count). The molecule has 0 N–H and O–H groups in total. The van der Waals surface area contributed by atoms with E-state index >= 15 is 0 Å². The van der Waals surface area contributed by atoms with E-state index in [1.807, 2.05) is 0 Å². The summed E-state index contributed by atoms with van der Waals surface area (Å²) >= 11 is 6.48. The van der Waals surface area contributed by atoms with Gasteiger partial charge in [-0.2, -0.15) is 13.2 Å². The van der Waals surface area contributed by atoms with Gasteiger partial charge in [0, 0.05) is 36.8 Å². The average molecular weight is 527 g/mol. The summed E-state index contributed by atoms with van der Waals surface area (Å²) in [6.07, 6.45) is -7.73. The number of halogens is 4. The lowest BCUT2D eigenvalue weighted by Gasteiger charge is -2.43. The van der Waals surface area contributed by atoms with Gasteiger partial charge >= 0.3 is 24.1 Å². The first-order valence-electron chi connectivity index (χ1n) is 9.40. The van der Waals surface area contributed by atoms with Gasteiger partial charge in [-0.15, -0.1) is 0 Å². The molecule has 1 saturated heterocycles. The molecule has 1 aromatic rings. The van der Waals surface area contributed by atoms with E-state index in [2.05, 4.69) is 15.0 Å². The smallest absolute Gasteiger partial charge is 0.434 e. The van der Waals surface area contributed by atoms with E-state index in [4.69, 9.17) is 36.1 Å². The number of esters is 3. The summed E-state index contributed by atoms with van der Waals surface area (Å²) < 4.78 is 60.1. The first-order valence-corrected chi connectivity index (χ1v) is 10.7. The summed E-state index contributed by atoms with van der Waals surface area (Å²) in [5.41, 5.74) is 6.55. The molecule has 0 spiro atoms. The molecule has 1 aliphatic heterocycles. The maximum absolute atomic E-state index is 13.0. The molecule has 5 atom stereocenters. The minimum absolute atomic E-state index is 0.0945. The number of nitrogens with zero attached hydrogens (tertiary/aromatic N) is 4. The maximum atomic E-state index is 13.0.